The maximum Gasteiger partial charge on any atom is 0.391 e. The number of carbonyl (C=O) groups excluding carboxylic acids is 1. The minimum Gasteiger partial charge on any atom is -0.341 e. The van der Waals surface area contributed by atoms with Gasteiger partial charge < -0.3 is 4.90 Å². The Hall–Kier alpha value is -0.830. The van der Waals surface area contributed by atoms with Crippen LogP contribution in [0.15, 0.2) is 0 Å². The number of rotatable bonds is 2. The summed E-state index contributed by atoms with van der Waals surface area (Å²) in [6.45, 7) is 1.20. The molecule has 1 aliphatic carbocycles. The van der Waals surface area contributed by atoms with Gasteiger partial charge in [-0.25, -0.2) is 12.7 Å². The molecule has 5 nitrogen and oxygen atoms in total. The molecule has 2 atom stereocenters. The van der Waals surface area contributed by atoms with Crippen LogP contribution in [0.5, 0.6) is 0 Å². The molecular weight excluding hydrogens is 333 g/mol. The topological polar surface area (TPSA) is 57.7 Å². The number of hydrogen-bond acceptors (Lipinski definition) is 3. The molecule has 9 heteroatoms. The molecule has 0 aromatic carbocycles. The zero-order valence-corrected chi connectivity index (χ0v) is 14.0. The second-order valence-corrected chi connectivity index (χ2v) is 8.43. The van der Waals surface area contributed by atoms with Crippen molar-refractivity contribution in [3.8, 4) is 0 Å². The third-order valence-electron chi connectivity index (χ3n) is 4.72. The Morgan fingerprint density at radius 1 is 1.04 bits per heavy atom. The van der Waals surface area contributed by atoms with Gasteiger partial charge >= 0.3 is 6.18 Å². The van der Waals surface area contributed by atoms with Gasteiger partial charge in [0.1, 0.15) is 0 Å². The molecule has 23 heavy (non-hydrogen) atoms. The maximum atomic E-state index is 12.9. The average Bonchev–Trinajstić information content (AvgIpc) is 2.71. The first-order chi connectivity index (χ1) is 10.6. The van der Waals surface area contributed by atoms with E-state index in [1.165, 1.54) is 9.21 Å². The van der Waals surface area contributed by atoms with Crippen LogP contribution in [0, 0.1) is 11.8 Å². The smallest absolute Gasteiger partial charge is 0.341 e. The maximum absolute atomic E-state index is 12.9. The van der Waals surface area contributed by atoms with E-state index in [1.54, 1.807) is 0 Å². The molecule has 1 aliphatic heterocycles. The number of nitrogens with zero attached hydrogens (tertiary/aromatic N) is 2. The van der Waals surface area contributed by atoms with Crippen molar-refractivity contribution in [3.05, 3.63) is 0 Å². The van der Waals surface area contributed by atoms with E-state index in [2.05, 4.69) is 0 Å². The Morgan fingerprint density at radius 2 is 1.74 bits per heavy atom. The van der Waals surface area contributed by atoms with E-state index in [-0.39, 0.29) is 31.8 Å². The number of carbonyl (C=O) groups is 1. The molecule has 0 radical (unpaired) electrons. The van der Waals surface area contributed by atoms with E-state index in [9.17, 15) is 26.4 Å². The standard InChI is InChI=1S/C14H23F3N2O3S/c1-23(21,22)19-7-3-6-18(8-9-19)13(20)11-4-2-5-12(10-11)14(15,16)17/h11-12H,2-10H2,1H3. The number of alkyl halides is 3. The summed E-state index contributed by atoms with van der Waals surface area (Å²) in [5, 5.41) is 0. The molecule has 1 saturated carbocycles. The average molecular weight is 356 g/mol. The van der Waals surface area contributed by atoms with Crippen LogP contribution in [-0.2, 0) is 14.8 Å². The minimum absolute atomic E-state index is 0.0924. The van der Waals surface area contributed by atoms with E-state index in [0.717, 1.165) is 6.26 Å². The van der Waals surface area contributed by atoms with Gasteiger partial charge in [-0.05, 0) is 25.7 Å². The minimum atomic E-state index is -4.25. The normalized spacial score (nSPS) is 28.4. The molecule has 0 aromatic heterocycles. The fourth-order valence-corrected chi connectivity index (χ4v) is 4.29. The van der Waals surface area contributed by atoms with Crippen molar-refractivity contribution in [1.29, 1.82) is 0 Å². The molecule has 1 saturated heterocycles. The van der Waals surface area contributed by atoms with Crippen molar-refractivity contribution in [2.75, 3.05) is 32.4 Å². The Kier molecular flexibility index (Phi) is 5.60. The van der Waals surface area contributed by atoms with Gasteiger partial charge in [0.15, 0.2) is 0 Å². The summed E-state index contributed by atoms with van der Waals surface area (Å²) in [7, 11) is -3.30. The zero-order valence-electron chi connectivity index (χ0n) is 13.2. The zero-order chi connectivity index (χ0) is 17.3. The van der Waals surface area contributed by atoms with Crippen LogP contribution in [0.2, 0.25) is 0 Å². The summed E-state index contributed by atoms with van der Waals surface area (Å²) in [4.78, 5) is 14.1. The van der Waals surface area contributed by atoms with Crippen LogP contribution in [0.3, 0.4) is 0 Å². The fraction of sp³-hybridized carbons (Fsp3) is 0.929. The number of amides is 1. The van der Waals surface area contributed by atoms with Gasteiger partial charge in [0.05, 0.1) is 12.2 Å². The van der Waals surface area contributed by atoms with Gasteiger partial charge in [0, 0.05) is 32.1 Å². The summed E-state index contributed by atoms with van der Waals surface area (Å²) < 4.78 is 63.1. The van der Waals surface area contributed by atoms with Gasteiger partial charge in [0.25, 0.3) is 0 Å². The molecule has 2 rings (SSSR count). The van der Waals surface area contributed by atoms with E-state index < -0.39 is 28.0 Å². The van der Waals surface area contributed by atoms with Crippen molar-refractivity contribution in [2.45, 2.75) is 38.3 Å². The predicted octanol–water partition coefficient (Wildman–Crippen LogP) is 1.85. The van der Waals surface area contributed by atoms with Gasteiger partial charge in [-0.3, -0.25) is 4.79 Å². The lowest BCUT2D eigenvalue weighted by atomic mass is 9.80. The molecule has 2 aliphatic rings. The largest absolute Gasteiger partial charge is 0.391 e. The lowest BCUT2D eigenvalue weighted by molar-refractivity contribution is -0.187. The predicted molar refractivity (Wildman–Crippen MR) is 79.1 cm³/mol. The second kappa shape index (κ2) is 6.96. The summed E-state index contributed by atoms with van der Waals surface area (Å²) in [5.74, 6) is -2.25. The van der Waals surface area contributed by atoms with Crippen LogP contribution in [0.4, 0.5) is 13.2 Å². The molecule has 0 aromatic rings. The molecule has 1 amide bonds. The lowest BCUT2D eigenvalue weighted by Gasteiger charge is -2.33. The molecule has 2 unspecified atom stereocenters. The number of sulfonamides is 1. The fourth-order valence-electron chi connectivity index (χ4n) is 3.42. The van der Waals surface area contributed by atoms with Crippen molar-refractivity contribution in [2.24, 2.45) is 11.8 Å². The Labute approximate surface area is 134 Å². The van der Waals surface area contributed by atoms with Crippen LogP contribution in [-0.4, -0.2) is 62.1 Å². The first-order valence-electron chi connectivity index (χ1n) is 7.89. The summed E-state index contributed by atoms with van der Waals surface area (Å²) in [5.41, 5.74) is 0. The van der Waals surface area contributed by atoms with Crippen LogP contribution < -0.4 is 0 Å². The highest BCUT2D eigenvalue weighted by Gasteiger charge is 2.44. The summed E-state index contributed by atoms with van der Waals surface area (Å²) in [6.07, 6.45) is -1.77. The van der Waals surface area contributed by atoms with E-state index >= 15 is 0 Å². The SMILES string of the molecule is CS(=O)(=O)N1CCCN(C(=O)C2CCCC(C(F)(F)F)C2)CC1. The molecule has 1 heterocycles. The van der Waals surface area contributed by atoms with Gasteiger partial charge in [-0.1, -0.05) is 6.42 Å². The summed E-state index contributed by atoms with van der Waals surface area (Å²) in [6, 6.07) is 0. The highest BCUT2D eigenvalue weighted by molar-refractivity contribution is 7.88. The molecular formula is C14H23F3N2O3S. The van der Waals surface area contributed by atoms with E-state index in [4.69, 9.17) is 0 Å². The summed E-state index contributed by atoms with van der Waals surface area (Å²) >= 11 is 0. The Morgan fingerprint density at radius 3 is 2.35 bits per heavy atom. The quantitative estimate of drug-likeness (QED) is 0.759. The van der Waals surface area contributed by atoms with Crippen molar-refractivity contribution in [3.63, 3.8) is 0 Å². The Bertz CT molecular complexity index is 536. The molecule has 0 bridgehead atoms. The Balaban J connectivity index is 1.97. The highest BCUT2D eigenvalue weighted by atomic mass is 32.2. The number of halogens is 3. The second-order valence-electron chi connectivity index (χ2n) is 6.44. The van der Waals surface area contributed by atoms with E-state index in [1.807, 2.05) is 0 Å². The number of hydrogen-bond donors (Lipinski definition) is 0. The van der Waals surface area contributed by atoms with Crippen LogP contribution in [0.1, 0.15) is 32.1 Å². The monoisotopic (exact) mass is 356 g/mol. The van der Waals surface area contributed by atoms with Gasteiger partial charge in [-0.15, -0.1) is 0 Å². The molecule has 0 spiro atoms. The van der Waals surface area contributed by atoms with Crippen molar-refractivity contribution >= 4 is 15.9 Å². The van der Waals surface area contributed by atoms with Crippen LogP contribution >= 0.6 is 0 Å². The first-order valence-corrected chi connectivity index (χ1v) is 9.74. The van der Waals surface area contributed by atoms with Crippen molar-refractivity contribution in [1.82, 2.24) is 9.21 Å². The van der Waals surface area contributed by atoms with Crippen molar-refractivity contribution < 1.29 is 26.4 Å². The van der Waals surface area contributed by atoms with Gasteiger partial charge in [0.2, 0.25) is 15.9 Å². The van der Waals surface area contributed by atoms with E-state index in [0.29, 0.717) is 32.4 Å². The first kappa shape index (κ1) is 18.5. The molecule has 0 N–H and O–H groups in total. The molecule has 2 fully saturated rings. The van der Waals surface area contributed by atoms with Gasteiger partial charge in [-0.2, -0.15) is 13.2 Å². The lowest BCUT2D eigenvalue weighted by Crippen LogP contribution is -2.42. The highest BCUT2D eigenvalue weighted by Crippen LogP contribution is 2.40. The molecule has 134 valence electrons. The third kappa shape index (κ3) is 4.82. The van der Waals surface area contributed by atoms with Crippen LogP contribution in [0.25, 0.3) is 0 Å². The third-order valence-corrected chi connectivity index (χ3v) is 6.03.